The zero-order valence-electron chi connectivity index (χ0n) is 19.9. The summed E-state index contributed by atoms with van der Waals surface area (Å²) in [5.74, 6) is 0.130. The second-order valence-corrected chi connectivity index (χ2v) is 8.10. The molecule has 1 amide bonds. The molecule has 12 nitrogen and oxygen atoms in total. The van der Waals surface area contributed by atoms with Crippen molar-refractivity contribution in [3.63, 3.8) is 0 Å². The molecule has 1 aromatic carbocycles. The first-order valence-electron chi connectivity index (χ1n) is 11.3. The van der Waals surface area contributed by atoms with Gasteiger partial charge in [0.1, 0.15) is 5.75 Å². The third kappa shape index (κ3) is 5.17. The van der Waals surface area contributed by atoms with Crippen LogP contribution in [0.1, 0.15) is 24.1 Å². The molecule has 36 heavy (non-hydrogen) atoms. The molecule has 0 radical (unpaired) electrons. The molecule has 0 unspecified atom stereocenters. The lowest BCUT2D eigenvalue weighted by Gasteiger charge is -2.10. The molecule has 0 aliphatic heterocycles. The van der Waals surface area contributed by atoms with E-state index in [0.717, 1.165) is 10.3 Å². The van der Waals surface area contributed by atoms with Crippen molar-refractivity contribution in [3.8, 4) is 5.75 Å². The number of carbonyl (C=O) groups excluding carboxylic acids is 1. The standard InChI is InChI=1S/C24H26N8O4/c1-30-21-20(22(35)31(2)24(30)36)32(23(28-21)26-15-17-9-5-6-12-25-17)13-7-11-19(34)29-27-14-16-8-3-4-10-18(16)33/h3-6,8-10,12,14,33H,7,11,13,15H2,1-2H3,(H,26,28)(H,29,34)/b27-14+. The summed E-state index contributed by atoms with van der Waals surface area (Å²) < 4.78 is 4.03. The number of imidazole rings is 1. The molecule has 4 rings (SSSR count). The van der Waals surface area contributed by atoms with Crippen molar-refractivity contribution in [3.05, 3.63) is 80.8 Å². The highest BCUT2D eigenvalue weighted by Gasteiger charge is 2.19. The number of hydrogen-bond acceptors (Lipinski definition) is 8. The molecular weight excluding hydrogens is 464 g/mol. The number of aromatic hydroxyl groups is 1. The van der Waals surface area contributed by atoms with Gasteiger partial charge in [0.05, 0.1) is 18.5 Å². The van der Waals surface area contributed by atoms with Crippen molar-refractivity contribution >= 4 is 29.2 Å². The van der Waals surface area contributed by atoms with Crippen molar-refractivity contribution < 1.29 is 9.90 Å². The van der Waals surface area contributed by atoms with Gasteiger partial charge in [0.2, 0.25) is 11.9 Å². The van der Waals surface area contributed by atoms with E-state index in [2.05, 4.69) is 25.8 Å². The lowest BCUT2D eigenvalue weighted by molar-refractivity contribution is -0.121. The molecule has 0 saturated carbocycles. The van der Waals surface area contributed by atoms with Crippen LogP contribution >= 0.6 is 0 Å². The van der Waals surface area contributed by atoms with E-state index in [1.165, 1.54) is 23.9 Å². The number of pyridine rings is 1. The Hall–Kier alpha value is -4.74. The number of rotatable bonds is 9. The van der Waals surface area contributed by atoms with E-state index in [4.69, 9.17) is 0 Å². The van der Waals surface area contributed by atoms with Gasteiger partial charge in [-0.25, -0.2) is 10.2 Å². The Morgan fingerprint density at radius 2 is 1.89 bits per heavy atom. The van der Waals surface area contributed by atoms with Crippen LogP contribution in [-0.2, 0) is 32.0 Å². The Kier molecular flexibility index (Phi) is 7.23. The Balaban J connectivity index is 1.51. The number of phenols is 1. The smallest absolute Gasteiger partial charge is 0.332 e. The van der Waals surface area contributed by atoms with Crippen molar-refractivity contribution in [2.75, 3.05) is 5.32 Å². The first-order valence-corrected chi connectivity index (χ1v) is 11.3. The fraction of sp³-hybridized carbons (Fsp3) is 0.250. The zero-order valence-corrected chi connectivity index (χ0v) is 19.9. The molecule has 0 atom stereocenters. The number of aryl methyl sites for hydroxylation is 2. The van der Waals surface area contributed by atoms with E-state index in [0.29, 0.717) is 31.0 Å². The molecule has 0 fully saturated rings. The van der Waals surface area contributed by atoms with Crippen molar-refractivity contribution in [2.24, 2.45) is 19.2 Å². The van der Waals surface area contributed by atoms with Crippen LogP contribution in [0.5, 0.6) is 5.75 Å². The summed E-state index contributed by atoms with van der Waals surface area (Å²) in [4.78, 5) is 46.4. The average molecular weight is 491 g/mol. The highest BCUT2D eigenvalue weighted by atomic mass is 16.3. The van der Waals surface area contributed by atoms with Gasteiger partial charge in [0, 0.05) is 38.8 Å². The van der Waals surface area contributed by atoms with Gasteiger partial charge < -0.3 is 15.0 Å². The average Bonchev–Trinajstić information content (AvgIpc) is 3.25. The molecule has 12 heteroatoms. The number of benzene rings is 1. The minimum absolute atomic E-state index is 0.0594. The minimum Gasteiger partial charge on any atom is -0.507 e. The maximum absolute atomic E-state index is 12.9. The van der Waals surface area contributed by atoms with Gasteiger partial charge in [-0.15, -0.1) is 0 Å². The molecule has 0 bridgehead atoms. The number of amides is 1. The summed E-state index contributed by atoms with van der Waals surface area (Å²) in [5.41, 5.74) is 3.26. The van der Waals surface area contributed by atoms with Crippen LogP contribution < -0.4 is 22.0 Å². The summed E-state index contributed by atoms with van der Waals surface area (Å²) in [7, 11) is 2.97. The van der Waals surface area contributed by atoms with Crippen LogP contribution in [0.2, 0.25) is 0 Å². The number of hydrogen-bond donors (Lipinski definition) is 3. The van der Waals surface area contributed by atoms with Crippen molar-refractivity contribution in [1.29, 1.82) is 0 Å². The summed E-state index contributed by atoms with van der Waals surface area (Å²) in [5, 5.41) is 16.8. The van der Waals surface area contributed by atoms with Gasteiger partial charge in [0.15, 0.2) is 11.2 Å². The van der Waals surface area contributed by atoms with Gasteiger partial charge in [-0.2, -0.15) is 10.1 Å². The molecule has 4 aromatic rings. The Morgan fingerprint density at radius 1 is 1.11 bits per heavy atom. The molecule has 0 aliphatic carbocycles. The Bertz CT molecular complexity index is 1540. The highest BCUT2D eigenvalue weighted by molar-refractivity contribution is 5.85. The number of nitrogens with zero attached hydrogens (tertiary/aromatic N) is 6. The predicted molar refractivity (Wildman–Crippen MR) is 135 cm³/mol. The van der Waals surface area contributed by atoms with Crippen LogP contribution in [0.4, 0.5) is 5.95 Å². The quantitative estimate of drug-likeness (QED) is 0.235. The third-order valence-corrected chi connectivity index (χ3v) is 5.62. The number of fused-ring (bicyclic) bond motifs is 1. The molecule has 0 spiro atoms. The first-order chi connectivity index (χ1) is 17.4. The van der Waals surface area contributed by atoms with Crippen LogP contribution in [0.15, 0.2) is 63.4 Å². The monoisotopic (exact) mass is 490 g/mol. The molecule has 0 saturated heterocycles. The van der Waals surface area contributed by atoms with E-state index >= 15 is 0 Å². The maximum atomic E-state index is 12.9. The number of phenolic OH excluding ortho intramolecular Hbond substituents is 1. The molecular formula is C24H26N8O4. The summed E-state index contributed by atoms with van der Waals surface area (Å²) >= 11 is 0. The van der Waals surface area contributed by atoms with E-state index in [1.807, 2.05) is 18.2 Å². The van der Waals surface area contributed by atoms with E-state index in [9.17, 15) is 19.5 Å². The fourth-order valence-electron chi connectivity index (χ4n) is 3.70. The van der Waals surface area contributed by atoms with Gasteiger partial charge in [-0.05, 0) is 30.7 Å². The Labute approximate surface area is 205 Å². The molecule has 3 aromatic heterocycles. The molecule has 3 N–H and O–H groups in total. The minimum atomic E-state index is -0.477. The van der Waals surface area contributed by atoms with Gasteiger partial charge in [-0.3, -0.25) is 23.7 Å². The number of aromatic nitrogens is 5. The Morgan fingerprint density at radius 3 is 2.64 bits per heavy atom. The number of hydrazone groups is 1. The van der Waals surface area contributed by atoms with Crippen LogP contribution in [0, 0.1) is 0 Å². The number of anilines is 1. The normalized spacial score (nSPS) is 11.3. The van der Waals surface area contributed by atoms with Gasteiger partial charge in [0.25, 0.3) is 5.56 Å². The summed E-state index contributed by atoms with van der Waals surface area (Å²) in [6, 6.07) is 12.2. The topological polar surface area (TPSA) is 148 Å². The molecule has 0 aliphatic rings. The maximum Gasteiger partial charge on any atom is 0.332 e. The van der Waals surface area contributed by atoms with E-state index in [1.54, 1.807) is 36.0 Å². The lowest BCUT2D eigenvalue weighted by Crippen LogP contribution is -2.37. The number of carbonyl (C=O) groups is 1. The van der Waals surface area contributed by atoms with Crippen LogP contribution in [0.3, 0.4) is 0 Å². The second-order valence-electron chi connectivity index (χ2n) is 8.10. The second kappa shape index (κ2) is 10.7. The van der Waals surface area contributed by atoms with Crippen LogP contribution in [0.25, 0.3) is 11.2 Å². The van der Waals surface area contributed by atoms with Crippen molar-refractivity contribution in [2.45, 2.75) is 25.9 Å². The van der Waals surface area contributed by atoms with Gasteiger partial charge >= 0.3 is 5.69 Å². The highest BCUT2D eigenvalue weighted by Crippen LogP contribution is 2.17. The summed E-state index contributed by atoms with van der Waals surface area (Å²) in [6.07, 6.45) is 3.55. The van der Waals surface area contributed by atoms with Crippen LogP contribution in [-0.4, -0.2) is 40.9 Å². The SMILES string of the molecule is Cn1c(=O)c2c(nc(NCc3ccccn3)n2CCCC(=O)N/N=C/c2ccccc2O)n(C)c1=O. The lowest BCUT2D eigenvalue weighted by atomic mass is 10.2. The third-order valence-electron chi connectivity index (χ3n) is 5.62. The largest absolute Gasteiger partial charge is 0.507 e. The predicted octanol–water partition coefficient (Wildman–Crippen LogP) is 1.08. The van der Waals surface area contributed by atoms with E-state index < -0.39 is 11.2 Å². The molecule has 186 valence electrons. The first kappa shape index (κ1) is 24.4. The van der Waals surface area contributed by atoms with Gasteiger partial charge in [-0.1, -0.05) is 18.2 Å². The van der Waals surface area contributed by atoms with E-state index in [-0.39, 0.29) is 29.2 Å². The van der Waals surface area contributed by atoms with Crippen molar-refractivity contribution in [1.82, 2.24) is 29.1 Å². The number of para-hydroxylation sites is 1. The zero-order chi connectivity index (χ0) is 25.7. The fourth-order valence-corrected chi connectivity index (χ4v) is 3.70. The molecule has 3 heterocycles. The number of nitrogens with one attached hydrogen (secondary N) is 2. The summed E-state index contributed by atoms with van der Waals surface area (Å²) in [6.45, 7) is 0.658.